The van der Waals surface area contributed by atoms with Gasteiger partial charge in [-0.05, 0) is 42.5 Å². The molecule has 3 heterocycles. The second kappa shape index (κ2) is 8.14. The van der Waals surface area contributed by atoms with Crippen LogP contribution in [0, 0.1) is 5.82 Å². The highest BCUT2D eigenvalue weighted by atomic mass is 79.9. The molecule has 170 valence electrons. The van der Waals surface area contributed by atoms with E-state index in [1.165, 1.54) is 12.4 Å². The first kappa shape index (κ1) is 21.2. The molecule has 2 aliphatic rings. The molecule has 0 fully saturated rings. The number of nitrogens with zero attached hydrogens (tertiary/aromatic N) is 3. The van der Waals surface area contributed by atoms with Crippen LogP contribution in [0.5, 0.6) is 11.5 Å². The van der Waals surface area contributed by atoms with Crippen molar-refractivity contribution in [3.05, 3.63) is 105 Å². The molecule has 9 heteroatoms. The van der Waals surface area contributed by atoms with Gasteiger partial charge in [0.25, 0.3) is 0 Å². The van der Waals surface area contributed by atoms with Crippen molar-refractivity contribution in [2.45, 2.75) is 12.1 Å². The fourth-order valence-electron chi connectivity index (χ4n) is 4.61. The minimum absolute atomic E-state index is 0.348. The van der Waals surface area contributed by atoms with Crippen LogP contribution in [-0.2, 0) is 0 Å². The lowest BCUT2D eigenvalue weighted by molar-refractivity contribution is 0.217. The number of hydrogen-bond donors (Lipinski definition) is 1. The van der Waals surface area contributed by atoms with Crippen molar-refractivity contribution in [1.82, 2.24) is 14.8 Å². The lowest BCUT2D eigenvalue weighted by Crippen LogP contribution is -2.33. The van der Waals surface area contributed by atoms with Crippen LogP contribution in [-0.4, -0.2) is 21.9 Å². The Morgan fingerprint density at radius 2 is 1.97 bits per heavy atom. The van der Waals surface area contributed by atoms with Crippen LogP contribution in [0.15, 0.2) is 77.0 Å². The molecule has 3 aromatic carbocycles. The van der Waals surface area contributed by atoms with E-state index in [2.05, 4.69) is 31.3 Å². The summed E-state index contributed by atoms with van der Waals surface area (Å²) in [5, 5.41) is 8.38. The summed E-state index contributed by atoms with van der Waals surface area (Å²) >= 11 is 9.93. The summed E-state index contributed by atoms with van der Waals surface area (Å²) in [5.74, 6) is 1.44. The topological polar surface area (TPSA) is 61.2 Å². The predicted molar refractivity (Wildman–Crippen MR) is 131 cm³/mol. The number of fused-ring (bicyclic) bond motifs is 3. The molecule has 0 unspecified atom stereocenters. The number of benzene rings is 3. The Balaban J connectivity index is 1.68. The summed E-state index contributed by atoms with van der Waals surface area (Å²) in [7, 11) is 1.61. The maximum absolute atomic E-state index is 15.2. The highest BCUT2D eigenvalue weighted by Crippen LogP contribution is 2.52. The van der Waals surface area contributed by atoms with Crippen LogP contribution in [0.2, 0.25) is 5.02 Å². The van der Waals surface area contributed by atoms with Gasteiger partial charge < -0.3 is 14.8 Å². The average Bonchev–Trinajstić information content (AvgIpc) is 3.31. The van der Waals surface area contributed by atoms with E-state index in [1.54, 1.807) is 36.1 Å². The molecule has 2 aliphatic heterocycles. The first-order chi connectivity index (χ1) is 16.5. The molecule has 6 rings (SSSR count). The minimum atomic E-state index is -0.615. The molecule has 0 aliphatic carbocycles. The van der Waals surface area contributed by atoms with Crippen molar-refractivity contribution in [2.75, 3.05) is 12.4 Å². The molecule has 1 aromatic heterocycles. The summed E-state index contributed by atoms with van der Waals surface area (Å²) < 4.78 is 30.0. The van der Waals surface area contributed by atoms with Gasteiger partial charge in [-0.25, -0.2) is 9.07 Å². The van der Waals surface area contributed by atoms with E-state index >= 15 is 4.39 Å². The van der Waals surface area contributed by atoms with E-state index in [4.69, 9.17) is 21.1 Å². The third-order valence-corrected chi connectivity index (χ3v) is 6.78. The SMILES string of the molecule is COc1ccc(Br)cc1[C@H]1Oc2ccc(Cl)cc2C2=C1[C@@H](c1ccccc1F)n1ncnc1N2. The van der Waals surface area contributed by atoms with Gasteiger partial charge in [-0.15, -0.1) is 0 Å². The van der Waals surface area contributed by atoms with Crippen LogP contribution < -0.4 is 14.8 Å². The van der Waals surface area contributed by atoms with E-state index in [0.717, 1.165) is 26.9 Å². The zero-order chi connectivity index (χ0) is 23.4. The molecular weight excluding hydrogens is 523 g/mol. The van der Waals surface area contributed by atoms with Gasteiger partial charge in [-0.1, -0.05) is 45.7 Å². The van der Waals surface area contributed by atoms with Crippen LogP contribution >= 0.6 is 27.5 Å². The molecule has 0 spiro atoms. The van der Waals surface area contributed by atoms with Crippen molar-refractivity contribution in [3.8, 4) is 11.5 Å². The van der Waals surface area contributed by atoms with Crippen LogP contribution in [0.3, 0.4) is 0 Å². The van der Waals surface area contributed by atoms with Gasteiger partial charge in [0.2, 0.25) is 5.95 Å². The smallest absolute Gasteiger partial charge is 0.226 e. The number of halogens is 3. The zero-order valence-electron chi connectivity index (χ0n) is 17.8. The largest absolute Gasteiger partial charge is 0.496 e. The molecule has 0 radical (unpaired) electrons. The number of anilines is 1. The van der Waals surface area contributed by atoms with E-state index < -0.39 is 12.1 Å². The first-order valence-corrected chi connectivity index (χ1v) is 11.7. The monoisotopic (exact) mass is 538 g/mol. The Morgan fingerprint density at radius 1 is 1.12 bits per heavy atom. The van der Waals surface area contributed by atoms with Gasteiger partial charge in [-0.3, -0.25) is 0 Å². The molecule has 6 nitrogen and oxygen atoms in total. The van der Waals surface area contributed by atoms with Gasteiger partial charge in [0.15, 0.2) is 6.10 Å². The summed E-state index contributed by atoms with van der Waals surface area (Å²) in [5.41, 5.74) is 3.54. The Hall–Kier alpha value is -3.36. The molecule has 0 saturated heterocycles. The predicted octanol–water partition coefficient (Wildman–Crippen LogP) is 6.40. The molecule has 2 atom stereocenters. The second-order valence-corrected chi connectivity index (χ2v) is 9.28. The van der Waals surface area contributed by atoms with E-state index in [0.29, 0.717) is 28.0 Å². The van der Waals surface area contributed by atoms with E-state index in [9.17, 15) is 0 Å². The van der Waals surface area contributed by atoms with Crippen LogP contribution in [0.4, 0.5) is 10.3 Å². The van der Waals surface area contributed by atoms with Gasteiger partial charge in [0.05, 0.1) is 12.8 Å². The van der Waals surface area contributed by atoms with E-state index in [1.807, 2.05) is 30.3 Å². The number of ether oxygens (including phenoxy) is 2. The molecule has 0 bridgehead atoms. The molecule has 4 aromatic rings. The maximum atomic E-state index is 15.2. The molecule has 1 N–H and O–H groups in total. The first-order valence-electron chi connectivity index (χ1n) is 10.5. The Kier molecular flexibility index (Phi) is 5.08. The highest BCUT2D eigenvalue weighted by molar-refractivity contribution is 9.10. The number of nitrogens with one attached hydrogen (secondary N) is 1. The standard InChI is InChI=1S/C25H17BrClFN4O2/c1-33-19-8-6-13(26)10-17(19)24-21-22(16-11-14(27)7-9-20(16)34-24)31-25-29-12-30-32(25)23(21)15-4-2-3-5-18(15)28/h2-12,23-24H,1H3,(H,29,30,31)/t23-,24-/m1/s1. The summed E-state index contributed by atoms with van der Waals surface area (Å²) in [6, 6.07) is 17.2. The van der Waals surface area contributed by atoms with Crippen molar-refractivity contribution in [1.29, 1.82) is 0 Å². The lowest BCUT2D eigenvalue weighted by atomic mass is 9.84. The van der Waals surface area contributed by atoms with E-state index in [-0.39, 0.29) is 5.82 Å². The molecule has 0 amide bonds. The Bertz CT molecular complexity index is 1470. The third kappa shape index (κ3) is 3.28. The fourth-order valence-corrected chi connectivity index (χ4v) is 5.16. The summed E-state index contributed by atoms with van der Waals surface area (Å²) in [4.78, 5) is 4.37. The van der Waals surface area contributed by atoms with Gasteiger partial charge in [0.1, 0.15) is 29.7 Å². The zero-order valence-corrected chi connectivity index (χ0v) is 20.1. The third-order valence-electron chi connectivity index (χ3n) is 6.05. The van der Waals surface area contributed by atoms with Gasteiger partial charge in [0, 0.05) is 31.8 Å². The quantitative estimate of drug-likeness (QED) is 0.326. The van der Waals surface area contributed by atoms with Gasteiger partial charge in [-0.2, -0.15) is 10.1 Å². The van der Waals surface area contributed by atoms with Crippen LogP contribution in [0.1, 0.15) is 28.8 Å². The van der Waals surface area contributed by atoms with Crippen molar-refractivity contribution >= 4 is 39.2 Å². The Morgan fingerprint density at radius 3 is 2.79 bits per heavy atom. The van der Waals surface area contributed by atoms with Crippen molar-refractivity contribution in [3.63, 3.8) is 0 Å². The lowest BCUT2D eigenvalue weighted by Gasteiger charge is -2.39. The highest BCUT2D eigenvalue weighted by Gasteiger charge is 2.42. The second-order valence-electron chi connectivity index (χ2n) is 7.93. The van der Waals surface area contributed by atoms with Gasteiger partial charge >= 0.3 is 0 Å². The number of rotatable bonds is 3. The molecule has 34 heavy (non-hydrogen) atoms. The van der Waals surface area contributed by atoms with Crippen molar-refractivity contribution in [2.24, 2.45) is 0 Å². The number of aromatic nitrogens is 3. The normalized spacial score (nSPS) is 18.4. The summed E-state index contributed by atoms with van der Waals surface area (Å²) in [6.07, 6.45) is 0.842. The molecular formula is C25H17BrClFN4O2. The summed E-state index contributed by atoms with van der Waals surface area (Å²) in [6.45, 7) is 0. The molecule has 0 saturated carbocycles. The number of hydrogen-bond acceptors (Lipinski definition) is 5. The minimum Gasteiger partial charge on any atom is -0.496 e. The Labute approximate surface area is 208 Å². The number of methoxy groups -OCH3 is 1. The average molecular weight is 540 g/mol. The van der Waals surface area contributed by atoms with Crippen molar-refractivity contribution < 1.29 is 13.9 Å². The fraction of sp³-hybridized carbons (Fsp3) is 0.120. The van der Waals surface area contributed by atoms with Crippen LogP contribution in [0.25, 0.3) is 5.70 Å². The maximum Gasteiger partial charge on any atom is 0.226 e.